The van der Waals surface area contributed by atoms with Crippen molar-refractivity contribution in [1.82, 2.24) is 10.3 Å². The molecule has 0 radical (unpaired) electrons. The molecular formula is C15H26N2O. The van der Waals surface area contributed by atoms with Crippen molar-refractivity contribution in [2.45, 2.75) is 66.0 Å². The van der Waals surface area contributed by atoms with Crippen molar-refractivity contribution in [3.63, 3.8) is 0 Å². The van der Waals surface area contributed by atoms with Crippen LogP contribution >= 0.6 is 0 Å². The number of nitrogens with one attached hydrogen (secondary N) is 1. The number of nitrogens with zero attached hydrogens (tertiary/aromatic N) is 1. The Hall–Kier alpha value is -0.830. The van der Waals surface area contributed by atoms with Crippen LogP contribution in [0.2, 0.25) is 0 Å². The molecule has 102 valence electrons. The Balaban J connectivity index is 1.75. The molecule has 1 N–H and O–H groups in total. The first-order valence-corrected chi connectivity index (χ1v) is 7.22. The molecule has 1 heterocycles. The van der Waals surface area contributed by atoms with Gasteiger partial charge in [0.15, 0.2) is 0 Å². The molecule has 0 aliphatic heterocycles. The fraction of sp³-hybridized carbons (Fsp3) is 0.800. The molecule has 1 aliphatic carbocycles. The highest BCUT2D eigenvalue weighted by Gasteiger charge is 2.23. The second-order valence-corrected chi connectivity index (χ2v) is 5.99. The molecule has 1 saturated carbocycles. The standard InChI is InChI=1S/C15H26N2O/c1-10(2)13-5-7-14(8-6-13)16-9-15-17-11(3)12(4)18-15/h10,13-14,16H,5-9H2,1-4H3. The van der Waals surface area contributed by atoms with Crippen LogP contribution in [0, 0.1) is 25.7 Å². The van der Waals surface area contributed by atoms with Crippen molar-refractivity contribution in [1.29, 1.82) is 0 Å². The maximum atomic E-state index is 5.59. The molecule has 1 aromatic heterocycles. The molecule has 2 rings (SSSR count). The molecule has 0 aromatic carbocycles. The zero-order valence-corrected chi connectivity index (χ0v) is 12.1. The Morgan fingerprint density at radius 1 is 1.22 bits per heavy atom. The van der Waals surface area contributed by atoms with E-state index in [2.05, 4.69) is 24.1 Å². The quantitative estimate of drug-likeness (QED) is 0.887. The van der Waals surface area contributed by atoms with Crippen molar-refractivity contribution in [2.75, 3.05) is 0 Å². The summed E-state index contributed by atoms with van der Waals surface area (Å²) in [4.78, 5) is 4.41. The highest BCUT2D eigenvalue weighted by Crippen LogP contribution is 2.29. The predicted molar refractivity (Wildman–Crippen MR) is 73.4 cm³/mol. The molecule has 0 unspecified atom stereocenters. The van der Waals surface area contributed by atoms with E-state index in [1.54, 1.807) is 0 Å². The van der Waals surface area contributed by atoms with Gasteiger partial charge in [0, 0.05) is 6.04 Å². The van der Waals surface area contributed by atoms with Crippen LogP contribution < -0.4 is 5.32 Å². The van der Waals surface area contributed by atoms with Crippen LogP contribution in [0.25, 0.3) is 0 Å². The smallest absolute Gasteiger partial charge is 0.208 e. The minimum atomic E-state index is 0.646. The molecule has 1 aliphatic rings. The topological polar surface area (TPSA) is 38.1 Å². The molecule has 0 saturated heterocycles. The zero-order valence-electron chi connectivity index (χ0n) is 12.1. The summed E-state index contributed by atoms with van der Waals surface area (Å²) in [6.45, 7) is 9.43. The van der Waals surface area contributed by atoms with Crippen molar-refractivity contribution in [2.24, 2.45) is 11.8 Å². The minimum Gasteiger partial charge on any atom is -0.444 e. The van der Waals surface area contributed by atoms with Gasteiger partial charge >= 0.3 is 0 Å². The Morgan fingerprint density at radius 2 is 1.89 bits per heavy atom. The molecule has 0 atom stereocenters. The normalized spacial score (nSPS) is 24.7. The first-order chi connectivity index (χ1) is 8.56. The van der Waals surface area contributed by atoms with Gasteiger partial charge in [-0.1, -0.05) is 13.8 Å². The summed E-state index contributed by atoms with van der Waals surface area (Å²) in [5, 5.41) is 3.58. The van der Waals surface area contributed by atoms with Crippen LogP contribution in [-0.4, -0.2) is 11.0 Å². The van der Waals surface area contributed by atoms with Crippen molar-refractivity contribution in [3.8, 4) is 0 Å². The number of rotatable bonds is 4. The lowest BCUT2D eigenvalue weighted by atomic mass is 9.80. The largest absolute Gasteiger partial charge is 0.444 e. The van der Waals surface area contributed by atoms with Crippen molar-refractivity contribution < 1.29 is 4.42 Å². The first-order valence-electron chi connectivity index (χ1n) is 7.22. The molecule has 3 heteroatoms. The zero-order chi connectivity index (χ0) is 13.1. The van der Waals surface area contributed by atoms with Crippen LogP contribution in [0.15, 0.2) is 4.42 Å². The second-order valence-electron chi connectivity index (χ2n) is 5.99. The van der Waals surface area contributed by atoms with E-state index >= 15 is 0 Å². The van der Waals surface area contributed by atoms with Gasteiger partial charge in [-0.25, -0.2) is 4.98 Å². The first kappa shape index (κ1) is 13.6. The van der Waals surface area contributed by atoms with Crippen molar-refractivity contribution >= 4 is 0 Å². The van der Waals surface area contributed by atoms with E-state index in [-0.39, 0.29) is 0 Å². The van der Waals surface area contributed by atoms with Gasteiger partial charge in [0.05, 0.1) is 12.2 Å². The van der Waals surface area contributed by atoms with Crippen molar-refractivity contribution in [3.05, 3.63) is 17.3 Å². The van der Waals surface area contributed by atoms with E-state index in [0.717, 1.165) is 35.7 Å². The van der Waals surface area contributed by atoms with Gasteiger partial charge in [-0.15, -0.1) is 0 Å². The van der Waals surface area contributed by atoms with Crippen LogP contribution in [0.3, 0.4) is 0 Å². The van der Waals surface area contributed by atoms with E-state index in [9.17, 15) is 0 Å². The SMILES string of the molecule is Cc1nc(CNC2CCC(C(C)C)CC2)oc1C. The van der Waals surface area contributed by atoms with Gasteiger partial charge in [0.1, 0.15) is 5.76 Å². The lowest BCUT2D eigenvalue weighted by Gasteiger charge is -2.31. The Kier molecular flexibility index (Phi) is 4.44. The van der Waals surface area contributed by atoms with Gasteiger partial charge in [-0.2, -0.15) is 0 Å². The van der Waals surface area contributed by atoms with Gasteiger partial charge < -0.3 is 9.73 Å². The Morgan fingerprint density at radius 3 is 2.39 bits per heavy atom. The summed E-state index contributed by atoms with van der Waals surface area (Å²) >= 11 is 0. The summed E-state index contributed by atoms with van der Waals surface area (Å²) < 4.78 is 5.59. The highest BCUT2D eigenvalue weighted by atomic mass is 16.4. The monoisotopic (exact) mass is 250 g/mol. The predicted octanol–water partition coefficient (Wildman–Crippen LogP) is 3.60. The molecule has 18 heavy (non-hydrogen) atoms. The average Bonchev–Trinajstić information content (AvgIpc) is 2.67. The third kappa shape index (κ3) is 3.35. The van der Waals surface area contributed by atoms with Crippen LogP contribution in [0.1, 0.15) is 56.9 Å². The average molecular weight is 250 g/mol. The van der Waals surface area contributed by atoms with E-state index in [1.807, 2.05) is 13.8 Å². The maximum absolute atomic E-state index is 5.59. The summed E-state index contributed by atoms with van der Waals surface area (Å²) in [5.41, 5.74) is 1.01. The van der Waals surface area contributed by atoms with E-state index in [1.165, 1.54) is 25.7 Å². The number of hydrogen-bond acceptors (Lipinski definition) is 3. The summed E-state index contributed by atoms with van der Waals surface area (Å²) in [5.74, 6) is 3.53. The number of aromatic nitrogens is 1. The van der Waals surface area contributed by atoms with E-state index < -0.39 is 0 Å². The fourth-order valence-corrected chi connectivity index (χ4v) is 2.84. The maximum Gasteiger partial charge on any atom is 0.208 e. The fourth-order valence-electron chi connectivity index (χ4n) is 2.84. The number of aryl methyl sites for hydroxylation is 2. The van der Waals surface area contributed by atoms with Gasteiger partial charge in [0.2, 0.25) is 5.89 Å². The van der Waals surface area contributed by atoms with Crippen LogP contribution in [0.5, 0.6) is 0 Å². The summed E-state index contributed by atoms with van der Waals surface area (Å²) in [7, 11) is 0. The van der Waals surface area contributed by atoms with Crippen LogP contribution in [0.4, 0.5) is 0 Å². The molecule has 0 spiro atoms. The van der Waals surface area contributed by atoms with Gasteiger partial charge in [0.25, 0.3) is 0 Å². The third-order valence-corrected chi connectivity index (χ3v) is 4.33. The molecule has 1 aromatic rings. The lowest BCUT2D eigenvalue weighted by molar-refractivity contribution is 0.235. The van der Waals surface area contributed by atoms with Gasteiger partial charge in [-0.3, -0.25) is 0 Å². The molecular weight excluding hydrogens is 224 g/mol. The second kappa shape index (κ2) is 5.87. The highest BCUT2D eigenvalue weighted by molar-refractivity contribution is 5.05. The number of oxazole rings is 1. The molecule has 0 bridgehead atoms. The van der Waals surface area contributed by atoms with Gasteiger partial charge in [-0.05, 0) is 51.4 Å². The minimum absolute atomic E-state index is 0.646. The molecule has 1 fully saturated rings. The lowest BCUT2D eigenvalue weighted by Crippen LogP contribution is -2.33. The Labute approximate surface area is 110 Å². The van der Waals surface area contributed by atoms with E-state index in [4.69, 9.17) is 4.42 Å². The summed E-state index contributed by atoms with van der Waals surface area (Å²) in [6, 6.07) is 0.646. The summed E-state index contributed by atoms with van der Waals surface area (Å²) in [6.07, 6.45) is 5.31. The third-order valence-electron chi connectivity index (χ3n) is 4.33. The van der Waals surface area contributed by atoms with E-state index in [0.29, 0.717) is 6.04 Å². The Bertz CT molecular complexity index is 356. The molecule has 0 amide bonds. The molecule has 3 nitrogen and oxygen atoms in total. The number of hydrogen-bond donors (Lipinski definition) is 1. The van der Waals surface area contributed by atoms with Crippen LogP contribution in [-0.2, 0) is 6.54 Å².